The van der Waals surface area contributed by atoms with Gasteiger partial charge in [0.15, 0.2) is 0 Å². The Kier molecular flexibility index (Phi) is 4.66. The molecule has 1 saturated carbocycles. The third-order valence-corrected chi connectivity index (χ3v) is 4.93. The maximum Gasteiger partial charge on any atom is 0.0957 e. The van der Waals surface area contributed by atoms with Crippen molar-refractivity contribution >= 4 is 0 Å². The van der Waals surface area contributed by atoms with E-state index in [-0.39, 0.29) is 11.7 Å². The Morgan fingerprint density at radius 3 is 2.52 bits per heavy atom. The van der Waals surface area contributed by atoms with Crippen molar-refractivity contribution < 1.29 is 4.74 Å². The van der Waals surface area contributed by atoms with E-state index in [9.17, 15) is 0 Å². The lowest BCUT2D eigenvalue weighted by atomic mass is 9.83. The van der Waals surface area contributed by atoms with Gasteiger partial charge in [-0.2, -0.15) is 0 Å². The van der Waals surface area contributed by atoms with E-state index in [2.05, 4.69) is 43.4 Å². The van der Waals surface area contributed by atoms with Crippen LogP contribution in [0.5, 0.6) is 0 Å². The van der Waals surface area contributed by atoms with Crippen molar-refractivity contribution in [1.29, 1.82) is 0 Å². The van der Waals surface area contributed by atoms with Gasteiger partial charge < -0.3 is 10.1 Å². The van der Waals surface area contributed by atoms with E-state index in [1.807, 2.05) is 0 Å². The summed E-state index contributed by atoms with van der Waals surface area (Å²) in [4.78, 5) is 0. The van der Waals surface area contributed by atoms with E-state index in [4.69, 9.17) is 4.74 Å². The Morgan fingerprint density at radius 2 is 1.86 bits per heavy atom. The molecule has 1 N–H and O–H groups in total. The summed E-state index contributed by atoms with van der Waals surface area (Å²) in [7, 11) is 0. The Labute approximate surface area is 129 Å². The van der Waals surface area contributed by atoms with Crippen LogP contribution < -0.4 is 5.32 Å². The van der Waals surface area contributed by atoms with E-state index in [1.54, 1.807) is 0 Å². The fraction of sp³-hybridized carbons (Fsp3) is 0.684. The summed E-state index contributed by atoms with van der Waals surface area (Å²) in [5, 5.41) is 3.62. The summed E-state index contributed by atoms with van der Waals surface area (Å²) >= 11 is 0. The van der Waals surface area contributed by atoms with Gasteiger partial charge >= 0.3 is 0 Å². The molecule has 1 heterocycles. The predicted octanol–water partition coefficient (Wildman–Crippen LogP) is 4.25. The highest BCUT2D eigenvalue weighted by molar-refractivity contribution is 5.25. The molecule has 0 aromatic heterocycles. The van der Waals surface area contributed by atoms with E-state index < -0.39 is 0 Å². The van der Waals surface area contributed by atoms with Crippen LogP contribution in [0.25, 0.3) is 0 Å². The molecule has 1 saturated heterocycles. The van der Waals surface area contributed by atoms with Gasteiger partial charge in [-0.1, -0.05) is 57.4 Å². The van der Waals surface area contributed by atoms with Crippen molar-refractivity contribution in [3.05, 3.63) is 35.4 Å². The van der Waals surface area contributed by atoms with Crippen LogP contribution in [0.4, 0.5) is 0 Å². The fourth-order valence-corrected chi connectivity index (χ4v) is 3.83. The van der Waals surface area contributed by atoms with Gasteiger partial charge in [0.2, 0.25) is 0 Å². The minimum absolute atomic E-state index is 0.109. The molecule has 0 bridgehead atoms. The molecule has 1 spiro atoms. The molecular formula is C19H29NO. The highest BCUT2D eigenvalue weighted by Gasteiger charge is 2.38. The van der Waals surface area contributed by atoms with Crippen LogP contribution in [0, 0.1) is 5.92 Å². The van der Waals surface area contributed by atoms with Gasteiger partial charge in [0.1, 0.15) is 0 Å². The van der Waals surface area contributed by atoms with E-state index in [1.165, 1.54) is 43.2 Å². The van der Waals surface area contributed by atoms with E-state index in [0.717, 1.165) is 19.5 Å². The van der Waals surface area contributed by atoms with Crippen LogP contribution >= 0.6 is 0 Å². The fourth-order valence-electron chi connectivity index (χ4n) is 3.83. The second-order valence-corrected chi connectivity index (χ2v) is 7.32. The molecule has 0 amide bonds. The molecule has 1 aromatic rings. The summed E-state index contributed by atoms with van der Waals surface area (Å²) in [6.45, 7) is 6.53. The molecule has 21 heavy (non-hydrogen) atoms. The lowest BCUT2D eigenvalue weighted by Gasteiger charge is -2.44. The predicted molar refractivity (Wildman–Crippen MR) is 87.5 cm³/mol. The van der Waals surface area contributed by atoms with Gasteiger partial charge in [0, 0.05) is 13.1 Å². The number of hydrogen-bond acceptors (Lipinski definition) is 2. The maximum atomic E-state index is 6.56. The molecular weight excluding hydrogens is 258 g/mol. The Hall–Kier alpha value is -0.860. The van der Waals surface area contributed by atoms with E-state index in [0.29, 0.717) is 5.92 Å². The topological polar surface area (TPSA) is 21.3 Å². The third kappa shape index (κ3) is 3.67. The number of rotatable bonds is 3. The lowest BCUT2D eigenvalue weighted by molar-refractivity contribution is -0.135. The second-order valence-electron chi connectivity index (χ2n) is 7.32. The largest absolute Gasteiger partial charge is 0.364 e. The number of benzene rings is 1. The Balaban J connectivity index is 1.68. The summed E-state index contributed by atoms with van der Waals surface area (Å²) in [6.07, 6.45) is 7.85. The quantitative estimate of drug-likeness (QED) is 0.897. The lowest BCUT2D eigenvalue weighted by Crippen LogP contribution is -2.51. The third-order valence-electron chi connectivity index (χ3n) is 4.93. The second kappa shape index (κ2) is 6.50. The molecule has 1 unspecified atom stereocenters. The molecule has 1 atom stereocenters. The van der Waals surface area contributed by atoms with Gasteiger partial charge in [-0.15, -0.1) is 0 Å². The average Bonchev–Trinajstić information content (AvgIpc) is 2.48. The van der Waals surface area contributed by atoms with Gasteiger partial charge in [0.25, 0.3) is 0 Å². The highest BCUT2D eigenvalue weighted by Crippen LogP contribution is 2.37. The average molecular weight is 287 g/mol. The van der Waals surface area contributed by atoms with Gasteiger partial charge in [-0.05, 0) is 36.3 Å². The minimum atomic E-state index is 0.109. The van der Waals surface area contributed by atoms with Crippen LogP contribution in [-0.4, -0.2) is 18.7 Å². The maximum absolute atomic E-state index is 6.56. The first-order valence-electron chi connectivity index (χ1n) is 8.64. The van der Waals surface area contributed by atoms with Crippen molar-refractivity contribution in [3.63, 3.8) is 0 Å². The molecule has 2 heteroatoms. The van der Waals surface area contributed by atoms with Gasteiger partial charge in [-0.3, -0.25) is 0 Å². The molecule has 2 nitrogen and oxygen atoms in total. The summed E-state index contributed by atoms with van der Waals surface area (Å²) in [6, 6.07) is 9.10. The summed E-state index contributed by atoms with van der Waals surface area (Å²) < 4.78 is 6.56. The Morgan fingerprint density at radius 1 is 1.14 bits per heavy atom. The Bertz CT molecular complexity index is 440. The monoisotopic (exact) mass is 287 g/mol. The first-order valence-corrected chi connectivity index (χ1v) is 8.64. The highest BCUT2D eigenvalue weighted by atomic mass is 16.5. The van der Waals surface area contributed by atoms with Crippen molar-refractivity contribution in [2.75, 3.05) is 13.1 Å². The zero-order valence-corrected chi connectivity index (χ0v) is 13.5. The smallest absolute Gasteiger partial charge is 0.0957 e. The molecule has 116 valence electrons. The standard InChI is InChI=1S/C19H29NO/c1-15(2)12-16-6-8-17(9-7-16)18-13-20-14-19(21-18)10-4-3-5-11-19/h6-9,15,18,20H,3-5,10-14H2,1-2H3. The van der Waals surface area contributed by atoms with Crippen LogP contribution in [-0.2, 0) is 11.2 Å². The van der Waals surface area contributed by atoms with Gasteiger partial charge in [-0.25, -0.2) is 0 Å². The summed E-state index contributed by atoms with van der Waals surface area (Å²) in [5.41, 5.74) is 2.88. The SMILES string of the molecule is CC(C)Cc1ccc(C2CNCC3(CCCCC3)O2)cc1. The number of morpholine rings is 1. The minimum Gasteiger partial charge on any atom is -0.364 e. The number of nitrogens with one attached hydrogen (secondary N) is 1. The molecule has 0 radical (unpaired) electrons. The molecule has 1 aliphatic heterocycles. The summed E-state index contributed by atoms with van der Waals surface area (Å²) in [5.74, 6) is 0.717. The molecule has 3 rings (SSSR count). The van der Waals surface area contributed by atoms with Crippen molar-refractivity contribution in [2.45, 2.75) is 64.1 Å². The van der Waals surface area contributed by atoms with Crippen molar-refractivity contribution in [2.24, 2.45) is 5.92 Å². The molecule has 1 aromatic carbocycles. The zero-order valence-electron chi connectivity index (χ0n) is 13.5. The van der Waals surface area contributed by atoms with Crippen LogP contribution in [0.15, 0.2) is 24.3 Å². The molecule has 2 aliphatic rings. The van der Waals surface area contributed by atoms with Crippen molar-refractivity contribution in [1.82, 2.24) is 5.32 Å². The zero-order chi connectivity index (χ0) is 14.7. The number of hydrogen-bond donors (Lipinski definition) is 1. The first-order chi connectivity index (χ1) is 10.2. The van der Waals surface area contributed by atoms with Crippen LogP contribution in [0.1, 0.15) is 63.2 Å². The molecule has 2 fully saturated rings. The van der Waals surface area contributed by atoms with Crippen molar-refractivity contribution in [3.8, 4) is 0 Å². The van der Waals surface area contributed by atoms with E-state index >= 15 is 0 Å². The normalized spacial score (nSPS) is 25.4. The number of ether oxygens (including phenoxy) is 1. The van der Waals surface area contributed by atoms with Gasteiger partial charge in [0.05, 0.1) is 11.7 Å². The van der Waals surface area contributed by atoms with Crippen LogP contribution in [0.2, 0.25) is 0 Å². The first kappa shape index (κ1) is 15.1. The molecule has 1 aliphatic carbocycles. The van der Waals surface area contributed by atoms with Crippen LogP contribution in [0.3, 0.4) is 0 Å².